The van der Waals surface area contributed by atoms with E-state index in [9.17, 15) is 4.79 Å². The summed E-state index contributed by atoms with van der Waals surface area (Å²) < 4.78 is 1.94. The second-order valence-corrected chi connectivity index (χ2v) is 4.55. The van der Waals surface area contributed by atoms with Gasteiger partial charge >= 0.3 is 0 Å². The summed E-state index contributed by atoms with van der Waals surface area (Å²) in [5, 5.41) is 13.7. The van der Waals surface area contributed by atoms with Gasteiger partial charge in [-0.25, -0.2) is 0 Å². The maximum Gasteiger partial charge on any atom is 0.238 e. The molecule has 0 saturated heterocycles. The van der Waals surface area contributed by atoms with Crippen LogP contribution in [0.1, 0.15) is 18.3 Å². The number of amides is 1. The van der Waals surface area contributed by atoms with Crippen molar-refractivity contribution in [1.29, 1.82) is 0 Å². The molecule has 1 aromatic heterocycles. The zero-order valence-electron chi connectivity index (χ0n) is 11.8. The van der Waals surface area contributed by atoms with Crippen LogP contribution in [0, 0.1) is 6.92 Å². The van der Waals surface area contributed by atoms with Crippen LogP contribution in [0.2, 0.25) is 0 Å². The van der Waals surface area contributed by atoms with Crippen molar-refractivity contribution in [2.24, 2.45) is 0 Å². The quantitative estimate of drug-likeness (QED) is 0.833. The lowest BCUT2D eigenvalue weighted by Crippen LogP contribution is -2.28. The molecule has 0 aliphatic rings. The van der Waals surface area contributed by atoms with Crippen LogP contribution in [0.25, 0.3) is 0 Å². The number of carbonyl (C=O) groups is 1. The Balaban J connectivity index is 1.76. The Hall–Kier alpha value is -2.21. The second-order valence-electron chi connectivity index (χ2n) is 4.55. The number of hydrogen-bond acceptors (Lipinski definition) is 4. The van der Waals surface area contributed by atoms with E-state index >= 15 is 0 Å². The van der Waals surface area contributed by atoms with E-state index in [1.165, 1.54) is 5.56 Å². The van der Waals surface area contributed by atoms with Crippen LogP contribution in [0.5, 0.6) is 0 Å². The number of anilines is 1. The van der Waals surface area contributed by atoms with Gasteiger partial charge in [0.05, 0.1) is 13.1 Å². The molecule has 6 nitrogen and oxygen atoms in total. The Morgan fingerprint density at radius 1 is 1.30 bits per heavy atom. The van der Waals surface area contributed by atoms with Crippen LogP contribution < -0.4 is 10.6 Å². The van der Waals surface area contributed by atoms with Crippen molar-refractivity contribution in [3.05, 3.63) is 42.0 Å². The van der Waals surface area contributed by atoms with Crippen LogP contribution in [0.4, 0.5) is 5.69 Å². The van der Waals surface area contributed by atoms with E-state index in [4.69, 9.17) is 0 Å². The van der Waals surface area contributed by atoms with Crippen molar-refractivity contribution < 1.29 is 4.79 Å². The minimum atomic E-state index is -0.0728. The number of carbonyl (C=O) groups excluding carboxylic acids is 1. The fourth-order valence-corrected chi connectivity index (χ4v) is 1.81. The third-order valence-corrected chi connectivity index (χ3v) is 2.94. The summed E-state index contributed by atoms with van der Waals surface area (Å²) in [7, 11) is 0. The van der Waals surface area contributed by atoms with Gasteiger partial charge in [0.25, 0.3) is 0 Å². The largest absolute Gasteiger partial charge is 0.325 e. The van der Waals surface area contributed by atoms with Gasteiger partial charge in [0, 0.05) is 12.2 Å². The van der Waals surface area contributed by atoms with E-state index < -0.39 is 0 Å². The van der Waals surface area contributed by atoms with Gasteiger partial charge < -0.3 is 15.2 Å². The molecule has 0 spiro atoms. The molecular formula is C14H19N5O. The number of hydrogen-bond donors (Lipinski definition) is 2. The highest BCUT2D eigenvalue weighted by Gasteiger charge is 2.05. The molecule has 2 aromatic rings. The topological polar surface area (TPSA) is 71.8 Å². The molecular weight excluding hydrogens is 254 g/mol. The predicted molar refractivity (Wildman–Crippen MR) is 77.2 cm³/mol. The second kappa shape index (κ2) is 6.81. The summed E-state index contributed by atoms with van der Waals surface area (Å²) in [6, 6.07) is 7.71. The molecule has 1 heterocycles. The van der Waals surface area contributed by atoms with Crippen LogP contribution >= 0.6 is 0 Å². The van der Waals surface area contributed by atoms with Gasteiger partial charge in [0.15, 0.2) is 0 Å². The van der Waals surface area contributed by atoms with Gasteiger partial charge in [-0.2, -0.15) is 0 Å². The Kier molecular flexibility index (Phi) is 4.84. The van der Waals surface area contributed by atoms with Gasteiger partial charge in [0.1, 0.15) is 12.2 Å². The molecule has 6 heteroatoms. The minimum Gasteiger partial charge on any atom is -0.325 e. The van der Waals surface area contributed by atoms with E-state index in [0.717, 1.165) is 18.1 Å². The summed E-state index contributed by atoms with van der Waals surface area (Å²) in [5.41, 5.74) is 1.97. The average Bonchev–Trinajstić information content (AvgIpc) is 2.89. The fraction of sp³-hybridized carbons (Fsp3) is 0.357. The van der Waals surface area contributed by atoms with E-state index in [1.54, 1.807) is 6.33 Å². The summed E-state index contributed by atoms with van der Waals surface area (Å²) in [6.07, 6.45) is 1.68. The van der Waals surface area contributed by atoms with E-state index in [-0.39, 0.29) is 12.5 Å². The first-order valence-electron chi connectivity index (χ1n) is 6.63. The van der Waals surface area contributed by atoms with Crippen molar-refractivity contribution in [2.75, 3.05) is 11.9 Å². The first-order valence-corrected chi connectivity index (χ1v) is 6.63. The molecule has 1 aromatic carbocycles. The zero-order chi connectivity index (χ0) is 14.4. The molecule has 2 rings (SSSR count). The van der Waals surface area contributed by atoms with Gasteiger partial charge in [-0.15, -0.1) is 10.2 Å². The number of rotatable bonds is 6. The molecule has 106 valence electrons. The lowest BCUT2D eigenvalue weighted by Gasteiger charge is -2.07. The SMILES string of the molecule is CCn1cnnc1CNCC(=O)Nc1ccc(C)cc1. The Labute approximate surface area is 118 Å². The van der Waals surface area contributed by atoms with Gasteiger partial charge in [-0.1, -0.05) is 17.7 Å². The van der Waals surface area contributed by atoms with Gasteiger partial charge in [0.2, 0.25) is 5.91 Å². The van der Waals surface area contributed by atoms with Crippen molar-refractivity contribution in [2.45, 2.75) is 26.9 Å². The molecule has 0 unspecified atom stereocenters. The predicted octanol–water partition coefficient (Wildman–Crippen LogP) is 1.33. The summed E-state index contributed by atoms with van der Waals surface area (Å²) >= 11 is 0. The summed E-state index contributed by atoms with van der Waals surface area (Å²) in [5.74, 6) is 0.757. The van der Waals surface area contributed by atoms with Crippen molar-refractivity contribution >= 4 is 11.6 Å². The van der Waals surface area contributed by atoms with E-state index in [2.05, 4.69) is 20.8 Å². The molecule has 1 amide bonds. The first kappa shape index (κ1) is 14.2. The minimum absolute atomic E-state index is 0.0728. The molecule has 0 atom stereocenters. The van der Waals surface area contributed by atoms with E-state index in [1.807, 2.05) is 42.7 Å². The molecule has 20 heavy (non-hydrogen) atoms. The van der Waals surface area contributed by atoms with Gasteiger partial charge in [-0.05, 0) is 26.0 Å². The molecule has 0 bridgehead atoms. The molecule has 0 aliphatic carbocycles. The van der Waals surface area contributed by atoms with Crippen LogP contribution in [-0.4, -0.2) is 27.2 Å². The third kappa shape index (κ3) is 3.89. The monoisotopic (exact) mass is 273 g/mol. The van der Waals surface area contributed by atoms with Crippen LogP contribution in [0.15, 0.2) is 30.6 Å². The highest BCUT2D eigenvalue weighted by Crippen LogP contribution is 2.07. The van der Waals surface area contributed by atoms with Gasteiger partial charge in [-0.3, -0.25) is 4.79 Å². The maximum absolute atomic E-state index is 11.8. The van der Waals surface area contributed by atoms with Crippen LogP contribution in [-0.2, 0) is 17.9 Å². The molecule has 0 aliphatic heterocycles. The first-order chi connectivity index (χ1) is 9.69. The number of aryl methyl sites for hydroxylation is 2. The summed E-state index contributed by atoms with van der Waals surface area (Å²) in [4.78, 5) is 11.8. The van der Waals surface area contributed by atoms with Crippen molar-refractivity contribution in [1.82, 2.24) is 20.1 Å². The highest BCUT2D eigenvalue weighted by atomic mass is 16.1. The maximum atomic E-state index is 11.8. The molecule has 0 saturated carbocycles. The lowest BCUT2D eigenvalue weighted by molar-refractivity contribution is -0.115. The number of nitrogens with one attached hydrogen (secondary N) is 2. The number of nitrogens with zero attached hydrogens (tertiary/aromatic N) is 3. The standard InChI is InChI=1S/C14H19N5O/c1-3-19-10-16-18-13(19)8-15-9-14(20)17-12-6-4-11(2)5-7-12/h4-7,10,15H,3,8-9H2,1-2H3,(H,17,20). The highest BCUT2D eigenvalue weighted by molar-refractivity contribution is 5.92. The van der Waals surface area contributed by atoms with Crippen LogP contribution in [0.3, 0.4) is 0 Å². The summed E-state index contributed by atoms with van der Waals surface area (Å²) in [6.45, 7) is 5.62. The lowest BCUT2D eigenvalue weighted by atomic mass is 10.2. The number of aromatic nitrogens is 3. The molecule has 0 fully saturated rings. The Bertz CT molecular complexity index is 561. The zero-order valence-corrected chi connectivity index (χ0v) is 11.8. The normalized spacial score (nSPS) is 10.5. The number of benzene rings is 1. The average molecular weight is 273 g/mol. The van der Waals surface area contributed by atoms with Crippen molar-refractivity contribution in [3.8, 4) is 0 Å². The Morgan fingerprint density at radius 2 is 2.05 bits per heavy atom. The molecule has 2 N–H and O–H groups in total. The third-order valence-electron chi connectivity index (χ3n) is 2.94. The Morgan fingerprint density at radius 3 is 2.75 bits per heavy atom. The van der Waals surface area contributed by atoms with Crippen molar-refractivity contribution in [3.63, 3.8) is 0 Å². The fourth-order valence-electron chi connectivity index (χ4n) is 1.81. The smallest absolute Gasteiger partial charge is 0.238 e. The molecule has 0 radical (unpaired) electrons. The van der Waals surface area contributed by atoms with E-state index in [0.29, 0.717) is 6.54 Å².